The minimum atomic E-state index is -0.291. The quantitative estimate of drug-likeness (QED) is 0.754. The van der Waals surface area contributed by atoms with E-state index in [2.05, 4.69) is 22.1 Å². The summed E-state index contributed by atoms with van der Waals surface area (Å²) in [4.78, 5) is 26.7. The van der Waals surface area contributed by atoms with Crippen molar-refractivity contribution in [2.75, 3.05) is 38.2 Å². The Hall–Kier alpha value is -2.18. The second-order valence-electron chi connectivity index (χ2n) is 7.34. The van der Waals surface area contributed by atoms with Crippen LogP contribution in [0.25, 0.3) is 0 Å². The molecule has 1 saturated carbocycles. The number of hydrogen-bond acceptors (Lipinski definition) is 4. The molecule has 0 radical (unpaired) electrons. The van der Waals surface area contributed by atoms with Crippen molar-refractivity contribution in [1.82, 2.24) is 10.2 Å². The second kappa shape index (κ2) is 9.15. The van der Waals surface area contributed by atoms with Gasteiger partial charge < -0.3 is 15.4 Å². The fourth-order valence-electron chi connectivity index (χ4n) is 4.13. The molecule has 2 N–H and O–H groups in total. The maximum Gasteiger partial charge on any atom is 0.251 e. The van der Waals surface area contributed by atoms with Gasteiger partial charge in [-0.2, -0.15) is 0 Å². The van der Waals surface area contributed by atoms with E-state index in [4.69, 9.17) is 4.74 Å². The minimum Gasteiger partial charge on any atom is -0.379 e. The predicted octanol–water partition coefficient (Wildman–Crippen LogP) is 2.58. The third kappa shape index (κ3) is 4.96. The van der Waals surface area contributed by atoms with Crippen molar-refractivity contribution in [3.8, 4) is 0 Å². The average molecular weight is 371 g/mol. The van der Waals surface area contributed by atoms with E-state index in [-0.39, 0.29) is 17.4 Å². The summed E-state index contributed by atoms with van der Waals surface area (Å²) in [6.45, 7) is 7.48. The van der Waals surface area contributed by atoms with Crippen LogP contribution < -0.4 is 10.6 Å². The van der Waals surface area contributed by atoms with Crippen LogP contribution >= 0.6 is 0 Å². The van der Waals surface area contributed by atoms with Crippen molar-refractivity contribution in [3.05, 3.63) is 42.5 Å². The van der Waals surface area contributed by atoms with Crippen LogP contribution in [0.2, 0.25) is 0 Å². The standard InChI is InChI=1S/C21H29N3O3/c1-2-19(25)23-18-8-6-7-17(15-18)20(26)22-16-21(9-4-3-5-10-21)24-11-13-27-14-12-24/h2,6-8,15H,1,3-5,9-14,16H2,(H,22,26)(H,23,25). The first-order chi connectivity index (χ1) is 13.1. The van der Waals surface area contributed by atoms with Crippen LogP contribution in [0.1, 0.15) is 42.5 Å². The van der Waals surface area contributed by atoms with Crippen LogP contribution in [0.3, 0.4) is 0 Å². The molecule has 146 valence electrons. The Labute approximate surface area is 161 Å². The molecule has 0 bridgehead atoms. The number of amides is 2. The minimum absolute atomic E-state index is 0.0341. The number of carbonyl (C=O) groups is 2. The summed E-state index contributed by atoms with van der Waals surface area (Å²) in [5.74, 6) is -0.399. The molecule has 6 nitrogen and oxygen atoms in total. The monoisotopic (exact) mass is 371 g/mol. The van der Waals surface area contributed by atoms with E-state index in [1.165, 1.54) is 25.3 Å². The molecular weight excluding hydrogens is 342 g/mol. The molecule has 1 aromatic carbocycles. The zero-order valence-electron chi connectivity index (χ0n) is 15.8. The Morgan fingerprint density at radius 3 is 2.63 bits per heavy atom. The summed E-state index contributed by atoms with van der Waals surface area (Å²) < 4.78 is 5.51. The fraction of sp³-hybridized carbons (Fsp3) is 0.524. The number of benzene rings is 1. The summed E-state index contributed by atoms with van der Waals surface area (Å²) in [6.07, 6.45) is 7.12. The molecular formula is C21H29N3O3. The van der Waals surface area contributed by atoms with Gasteiger partial charge in [-0.05, 0) is 37.1 Å². The van der Waals surface area contributed by atoms with E-state index in [9.17, 15) is 9.59 Å². The molecule has 1 aromatic rings. The Kier molecular flexibility index (Phi) is 6.63. The molecule has 3 rings (SSSR count). The molecule has 1 saturated heterocycles. The summed E-state index contributed by atoms with van der Waals surface area (Å²) in [6, 6.07) is 6.99. The lowest BCUT2D eigenvalue weighted by atomic mass is 9.79. The number of carbonyl (C=O) groups excluding carboxylic acids is 2. The van der Waals surface area contributed by atoms with E-state index >= 15 is 0 Å². The second-order valence-corrected chi connectivity index (χ2v) is 7.34. The van der Waals surface area contributed by atoms with E-state index in [0.717, 1.165) is 39.1 Å². The highest BCUT2D eigenvalue weighted by Crippen LogP contribution is 2.34. The molecule has 2 fully saturated rings. The van der Waals surface area contributed by atoms with Crippen molar-refractivity contribution < 1.29 is 14.3 Å². The van der Waals surface area contributed by atoms with Gasteiger partial charge in [-0.3, -0.25) is 14.5 Å². The van der Waals surface area contributed by atoms with Gasteiger partial charge >= 0.3 is 0 Å². The Morgan fingerprint density at radius 2 is 1.93 bits per heavy atom. The van der Waals surface area contributed by atoms with Crippen molar-refractivity contribution in [2.45, 2.75) is 37.6 Å². The molecule has 0 aromatic heterocycles. The first-order valence-electron chi connectivity index (χ1n) is 9.77. The fourth-order valence-corrected chi connectivity index (χ4v) is 4.13. The van der Waals surface area contributed by atoms with Gasteiger partial charge in [0.1, 0.15) is 0 Å². The number of rotatable bonds is 6. The van der Waals surface area contributed by atoms with E-state index in [0.29, 0.717) is 17.8 Å². The molecule has 1 aliphatic carbocycles. The predicted molar refractivity (Wildman–Crippen MR) is 106 cm³/mol. The molecule has 0 atom stereocenters. The van der Waals surface area contributed by atoms with Gasteiger partial charge in [0.15, 0.2) is 0 Å². The smallest absolute Gasteiger partial charge is 0.251 e. The maximum atomic E-state index is 12.7. The van der Waals surface area contributed by atoms with Gasteiger partial charge in [0, 0.05) is 36.4 Å². The summed E-state index contributed by atoms with van der Waals surface area (Å²) in [7, 11) is 0. The Morgan fingerprint density at radius 1 is 1.19 bits per heavy atom. The summed E-state index contributed by atoms with van der Waals surface area (Å²) in [5, 5.41) is 5.84. The molecule has 1 aliphatic heterocycles. The van der Waals surface area contributed by atoms with Gasteiger partial charge in [0.25, 0.3) is 5.91 Å². The van der Waals surface area contributed by atoms with Crippen molar-refractivity contribution in [3.63, 3.8) is 0 Å². The summed E-state index contributed by atoms with van der Waals surface area (Å²) in [5.41, 5.74) is 1.17. The molecule has 0 spiro atoms. The number of nitrogens with one attached hydrogen (secondary N) is 2. The average Bonchev–Trinajstić information content (AvgIpc) is 2.73. The molecule has 6 heteroatoms. The lowest BCUT2D eigenvalue weighted by molar-refractivity contribution is -0.111. The van der Waals surface area contributed by atoms with Crippen LogP contribution in [0.15, 0.2) is 36.9 Å². The lowest BCUT2D eigenvalue weighted by Crippen LogP contribution is -2.59. The number of anilines is 1. The van der Waals surface area contributed by atoms with Crippen LogP contribution in [0.5, 0.6) is 0 Å². The highest BCUT2D eigenvalue weighted by molar-refractivity contribution is 6.00. The van der Waals surface area contributed by atoms with Gasteiger partial charge in [0.2, 0.25) is 5.91 Å². The highest BCUT2D eigenvalue weighted by Gasteiger charge is 2.38. The van der Waals surface area contributed by atoms with E-state index in [1.807, 2.05) is 0 Å². The first kappa shape index (κ1) is 19.6. The van der Waals surface area contributed by atoms with E-state index in [1.54, 1.807) is 24.3 Å². The molecule has 1 heterocycles. The third-order valence-electron chi connectivity index (χ3n) is 5.62. The Bertz CT molecular complexity index is 677. The molecule has 0 unspecified atom stereocenters. The Balaban J connectivity index is 1.66. The van der Waals surface area contributed by atoms with Crippen LogP contribution in [-0.4, -0.2) is 55.1 Å². The van der Waals surface area contributed by atoms with Crippen molar-refractivity contribution in [1.29, 1.82) is 0 Å². The zero-order valence-corrected chi connectivity index (χ0v) is 15.8. The number of nitrogens with zero attached hydrogens (tertiary/aromatic N) is 1. The van der Waals surface area contributed by atoms with Crippen molar-refractivity contribution in [2.24, 2.45) is 0 Å². The normalized spacial score (nSPS) is 19.9. The van der Waals surface area contributed by atoms with E-state index < -0.39 is 0 Å². The van der Waals surface area contributed by atoms with Gasteiger partial charge in [-0.15, -0.1) is 0 Å². The third-order valence-corrected chi connectivity index (χ3v) is 5.62. The van der Waals surface area contributed by atoms with Gasteiger partial charge in [0.05, 0.1) is 13.2 Å². The molecule has 2 aliphatic rings. The van der Waals surface area contributed by atoms with Crippen LogP contribution in [0.4, 0.5) is 5.69 Å². The van der Waals surface area contributed by atoms with Crippen molar-refractivity contribution >= 4 is 17.5 Å². The highest BCUT2D eigenvalue weighted by atomic mass is 16.5. The molecule has 27 heavy (non-hydrogen) atoms. The lowest BCUT2D eigenvalue weighted by Gasteiger charge is -2.48. The number of hydrogen-bond donors (Lipinski definition) is 2. The van der Waals surface area contributed by atoms with Gasteiger partial charge in [-0.1, -0.05) is 31.9 Å². The molecule has 2 amide bonds. The first-order valence-corrected chi connectivity index (χ1v) is 9.77. The maximum absolute atomic E-state index is 12.7. The number of morpholine rings is 1. The zero-order chi connectivity index (χ0) is 19.1. The summed E-state index contributed by atoms with van der Waals surface area (Å²) >= 11 is 0. The largest absolute Gasteiger partial charge is 0.379 e. The topological polar surface area (TPSA) is 70.7 Å². The van der Waals surface area contributed by atoms with Crippen LogP contribution in [0, 0.1) is 0 Å². The SMILES string of the molecule is C=CC(=O)Nc1cccc(C(=O)NCC2(N3CCOCC3)CCCCC2)c1. The van der Waals surface area contributed by atoms with Gasteiger partial charge in [-0.25, -0.2) is 0 Å². The van der Waals surface area contributed by atoms with Crippen LogP contribution in [-0.2, 0) is 9.53 Å². The number of ether oxygens (including phenoxy) is 1.